The third-order valence-electron chi connectivity index (χ3n) is 3.76. The lowest BCUT2D eigenvalue weighted by atomic mass is 10.2. The van der Waals surface area contributed by atoms with Gasteiger partial charge < -0.3 is 20.7 Å². The van der Waals surface area contributed by atoms with Gasteiger partial charge in [-0.15, -0.1) is 24.0 Å². The number of nitrogens with zero attached hydrogens (tertiary/aromatic N) is 1. The standard InChI is InChI=1S/C20H25F3N4O.HI/c1-24-19(26-13-5-12-25-17-6-3-2-4-7-17)27-14-16-8-10-18(11-9-16)28-15-20(21,22)23;/h2-4,6-11,25H,5,12-15H2,1H3,(H2,24,26,27);1H. The van der Waals surface area contributed by atoms with Crippen LogP contribution >= 0.6 is 24.0 Å². The molecule has 0 aliphatic heterocycles. The molecule has 0 bridgehead atoms. The Morgan fingerprint density at radius 1 is 0.966 bits per heavy atom. The molecule has 2 aromatic carbocycles. The van der Waals surface area contributed by atoms with Crippen molar-refractivity contribution < 1.29 is 17.9 Å². The zero-order chi connectivity index (χ0) is 20.2. The van der Waals surface area contributed by atoms with Gasteiger partial charge in [0.05, 0.1) is 0 Å². The van der Waals surface area contributed by atoms with E-state index in [2.05, 4.69) is 20.9 Å². The van der Waals surface area contributed by atoms with Gasteiger partial charge in [0.15, 0.2) is 12.6 Å². The topological polar surface area (TPSA) is 57.7 Å². The molecule has 0 aliphatic carbocycles. The molecule has 0 aliphatic rings. The molecule has 0 unspecified atom stereocenters. The van der Waals surface area contributed by atoms with E-state index >= 15 is 0 Å². The summed E-state index contributed by atoms with van der Waals surface area (Å²) in [5.74, 6) is 0.853. The van der Waals surface area contributed by atoms with Gasteiger partial charge in [0, 0.05) is 32.4 Å². The fraction of sp³-hybridized carbons (Fsp3) is 0.350. The SMILES string of the molecule is CN=C(NCCCNc1ccccc1)NCc1ccc(OCC(F)(F)F)cc1.I. The Labute approximate surface area is 186 Å². The van der Waals surface area contributed by atoms with Crippen LogP contribution in [0.1, 0.15) is 12.0 Å². The first kappa shape index (κ1) is 24.9. The number of hydrogen-bond donors (Lipinski definition) is 3. The first-order valence-electron chi connectivity index (χ1n) is 8.98. The van der Waals surface area contributed by atoms with Crippen LogP contribution in [0.4, 0.5) is 18.9 Å². The molecule has 0 heterocycles. The van der Waals surface area contributed by atoms with E-state index in [9.17, 15) is 13.2 Å². The van der Waals surface area contributed by atoms with Crippen LogP contribution in [0.2, 0.25) is 0 Å². The van der Waals surface area contributed by atoms with E-state index in [1.165, 1.54) is 12.1 Å². The summed E-state index contributed by atoms with van der Waals surface area (Å²) >= 11 is 0. The summed E-state index contributed by atoms with van der Waals surface area (Å²) in [4.78, 5) is 4.16. The summed E-state index contributed by atoms with van der Waals surface area (Å²) in [5.41, 5.74) is 2.00. The Bertz CT molecular complexity index is 725. The van der Waals surface area contributed by atoms with Crippen molar-refractivity contribution in [3.8, 4) is 5.75 Å². The third-order valence-corrected chi connectivity index (χ3v) is 3.76. The van der Waals surface area contributed by atoms with Crippen LogP contribution in [0.15, 0.2) is 59.6 Å². The van der Waals surface area contributed by atoms with Crippen molar-refractivity contribution in [3.63, 3.8) is 0 Å². The minimum atomic E-state index is -4.34. The monoisotopic (exact) mass is 522 g/mol. The predicted molar refractivity (Wildman–Crippen MR) is 121 cm³/mol. The number of guanidine groups is 1. The Kier molecular flexibility index (Phi) is 11.3. The van der Waals surface area contributed by atoms with Crippen molar-refractivity contribution in [1.29, 1.82) is 0 Å². The summed E-state index contributed by atoms with van der Waals surface area (Å²) in [6, 6.07) is 16.5. The molecule has 2 aromatic rings. The smallest absolute Gasteiger partial charge is 0.422 e. The highest BCUT2D eigenvalue weighted by molar-refractivity contribution is 14.0. The maximum atomic E-state index is 12.1. The molecule has 3 N–H and O–H groups in total. The van der Waals surface area contributed by atoms with Gasteiger partial charge in [-0.25, -0.2) is 0 Å². The van der Waals surface area contributed by atoms with Crippen molar-refractivity contribution in [1.82, 2.24) is 10.6 Å². The molecule has 0 saturated carbocycles. The van der Waals surface area contributed by atoms with E-state index in [-0.39, 0.29) is 29.7 Å². The van der Waals surface area contributed by atoms with E-state index in [4.69, 9.17) is 4.74 Å². The number of benzene rings is 2. The number of anilines is 1. The second kappa shape index (κ2) is 13.1. The summed E-state index contributed by atoms with van der Waals surface area (Å²) in [5, 5.41) is 9.73. The number of aliphatic imine (C=N–C) groups is 1. The zero-order valence-corrected chi connectivity index (χ0v) is 18.5. The van der Waals surface area contributed by atoms with Crippen molar-refractivity contribution in [2.75, 3.05) is 32.1 Å². The number of alkyl halides is 3. The number of ether oxygens (including phenoxy) is 1. The number of nitrogens with one attached hydrogen (secondary N) is 3. The molecule has 0 saturated heterocycles. The molecule has 0 spiro atoms. The van der Waals surface area contributed by atoms with Gasteiger partial charge >= 0.3 is 6.18 Å². The van der Waals surface area contributed by atoms with Gasteiger partial charge in [0.25, 0.3) is 0 Å². The van der Waals surface area contributed by atoms with Crippen molar-refractivity contribution in [2.45, 2.75) is 19.1 Å². The highest BCUT2D eigenvalue weighted by atomic mass is 127. The molecular weight excluding hydrogens is 496 g/mol. The number of para-hydroxylation sites is 1. The lowest BCUT2D eigenvalue weighted by Crippen LogP contribution is -2.37. The van der Waals surface area contributed by atoms with Crippen molar-refractivity contribution >= 4 is 35.6 Å². The summed E-state index contributed by atoms with van der Waals surface area (Å²) < 4.78 is 41.1. The van der Waals surface area contributed by atoms with E-state index in [0.29, 0.717) is 12.5 Å². The van der Waals surface area contributed by atoms with Gasteiger partial charge in [0.2, 0.25) is 0 Å². The quantitative estimate of drug-likeness (QED) is 0.198. The lowest BCUT2D eigenvalue weighted by molar-refractivity contribution is -0.153. The molecule has 9 heteroatoms. The average molecular weight is 522 g/mol. The molecule has 0 radical (unpaired) electrons. The van der Waals surface area contributed by atoms with Gasteiger partial charge in [-0.1, -0.05) is 30.3 Å². The van der Waals surface area contributed by atoms with Crippen LogP contribution in [-0.2, 0) is 6.54 Å². The first-order valence-corrected chi connectivity index (χ1v) is 8.98. The maximum absolute atomic E-state index is 12.1. The zero-order valence-electron chi connectivity index (χ0n) is 16.1. The Morgan fingerprint density at radius 2 is 1.66 bits per heavy atom. The fourth-order valence-corrected chi connectivity index (χ4v) is 2.36. The van der Waals surface area contributed by atoms with Gasteiger partial charge in [-0.05, 0) is 36.2 Å². The molecule has 160 valence electrons. The Morgan fingerprint density at radius 3 is 2.28 bits per heavy atom. The number of hydrogen-bond acceptors (Lipinski definition) is 3. The summed E-state index contributed by atoms with van der Waals surface area (Å²) in [7, 11) is 1.69. The Hall–Kier alpha value is -2.17. The van der Waals surface area contributed by atoms with Crippen LogP contribution in [0.5, 0.6) is 5.75 Å². The third kappa shape index (κ3) is 10.8. The maximum Gasteiger partial charge on any atom is 0.422 e. The molecule has 0 fully saturated rings. The highest BCUT2D eigenvalue weighted by Gasteiger charge is 2.28. The first-order chi connectivity index (χ1) is 13.5. The van der Waals surface area contributed by atoms with Crippen LogP contribution in [-0.4, -0.2) is 38.9 Å². The highest BCUT2D eigenvalue weighted by Crippen LogP contribution is 2.18. The van der Waals surface area contributed by atoms with Gasteiger partial charge in [0.1, 0.15) is 5.75 Å². The minimum absolute atomic E-state index is 0. The fourth-order valence-electron chi connectivity index (χ4n) is 2.36. The van der Waals surface area contributed by atoms with Crippen molar-refractivity contribution in [2.24, 2.45) is 4.99 Å². The van der Waals surface area contributed by atoms with Crippen LogP contribution < -0.4 is 20.7 Å². The summed E-state index contributed by atoms with van der Waals surface area (Å²) in [6.45, 7) is 0.804. The van der Waals surface area contributed by atoms with E-state index in [1.54, 1.807) is 19.2 Å². The Balaban J connectivity index is 0.00000420. The normalized spacial score (nSPS) is 11.4. The van der Waals surface area contributed by atoms with Crippen LogP contribution in [0, 0.1) is 0 Å². The van der Waals surface area contributed by atoms with E-state index in [1.807, 2.05) is 30.3 Å². The molecule has 2 rings (SSSR count). The van der Waals surface area contributed by atoms with E-state index < -0.39 is 12.8 Å². The molecule has 0 atom stereocenters. The molecule has 0 amide bonds. The minimum Gasteiger partial charge on any atom is -0.484 e. The van der Waals surface area contributed by atoms with Crippen LogP contribution in [0.25, 0.3) is 0 Å². The summed E-state index contributed by atoms with van der Waals surface area (Å²) in [6.07, 6.45) is -3.42. The second-order valence-electron chi connectivity index (χ2n) is 6.05. The number of rotatable bonds is 9. The average Bonchev–Trinajstić information content (AvgIpc) is 2.69. The van der Waals surface area contributed by atoms with Gasteiger partial charge in [-0.2, -0.15) is 13.2 Å². The van der Waals surface area contributed by atoms with Crippen molar-refractivity contribution in [3.05, 3.63) is 60.2 Å². The molecule has 0 aromatic heterocycles. The lowest BCUT2D eigenvalue weighted by Gasteiger charge is -2.13. The van der Waals surface area contributed by atoms with Gasteiger partial charge in [-0.3, -0.25) is 4.99 Å². The largest absolute Gasteiger partial charge is 0.484 e. The molecule has 29 heavy (non-hydrogen) atoms. The predicted octanol–water partition coefficient (Wildman–Crippen LogP) is 4.41. The molecule has 5 nitrogen and oxygen atoms in total. The number of halogens is 4. The molecular formula is C20H26F3IN4O. The van der Waals surface area contributed by atoms with E-state index in [0.717, 1.165) is 30.8 Å². The van der Waals surface area contributed by atoms with Crippen LogP contribution in [0.3, 0.4) is 0 Å². The second-order valence-corrected chi connectivity index (χ2v) is 6.05.